The third-order valence-corrected chi connectivity index (χ3v) is 12.0. The number of imide groups is 2. The maximum atomic E-state index is 13.2. The first-order valence-electron chi connectivity index (χ1n) is 22.7. The molecule has 6 amide bonds. The van der Waals surface area contributed by atoms with E-state index in [1.807, 2.05) is 29.3 Å². The van der Waals surface area contributed by atoms with Gasteiger partial charge in [0.1, 0.15) is 6.04 Å². The first kappa shape index (κ1) is 51.5. The fraction of sp³-hybridized carbons (Fsp3) is 0.360. The number of thiazole rings is 1. The van der Waals surface area contributed by atoms with Crippen LogP contribution in [-0.4, -0.2) is 139 Å². The molecule has 1 unspecified atom stereocenters. The molecule has 0 radical (unpaired) electrons. The van der Waals surface area contributed by atoms with Gasteiger partial charge in [0.25, 0.3) is 11.8 Å². The number of benzene rings is 2. The van der Waals surface area contributed by atoms with Crippen molar-refractivity contribution in [1.82, 2.24) is 35.3 Å². The van der Waals surface area contributed by atoms with Gasteiger partial charge in [0.2, 0.25) is 24.1 Å². The second-order valence-electron chi connectivity index (χ2n) is 16.4. The molecule has 3 aliphatic rings. The molecule has 7 rings (SSSR count). The Morgan fingerprint density at radius 3 is 2.32 bits per heavy atom. The zero-order valence-corrected chi connectivity index (χ0v) is 39.8. The van der Waals surface area contributed by atoms with Crippen LogP contribution in [0.1, 0.15) is 58.0 Å². The van der Waals surface area contributed by atoms with Gasteiger partial charge in [-0.15, -0.1) is 11.3 Å². The Labute approximate surface area is 405 Å². The van der Waals surface area contributed by atoms with Crippen LogP contribution in [0.2, 0.25) is 0 Å². The van der Waals surface area contributed by atoms with E-state index in [1.54, 1.807) is 36.7 Å². The van der Waals surface area contributed by atoms with Crippen molar-refractivity contribution in [3.05, 3.63) is 131 Å². The van der Waals surface area contributed by atoms with E-state index in [-0.39, 0.29) is 29.9 Å². The van der Waals surface area contributed by atoms with Crippen molar-refractivity contribution in [2.75, 3.05) is 83.0 Å². The molecule has 2 saturated heterocycles. The number of hydrogen-bond donors (Lipinski definition) is 4. The predicted molar refractivity (Wildman–Crippen MR) is 262 cm³/mol. The Balaban J connectivity index is 0.000000297. The van der Waals surface area contributed by atoms with E-state index in [2.05, 4.69) is 80.5 Å². The molecule has 19 heteroatoms. The van der Waals surface area contributed by atoms with E-state index in [9.17, 15) is 28.8 Å². The molecule has 4 aromatic rings. The molecule has 0 saturated carbocycles. The highest BCUT2D eigenvalue weighted by Crippen LogP contribution is 2.32. The number of carbonyl (C=O) groups is 6. The Morgan fingerprint density at radius 1 is 0.913 bits per heavy atom. The van der Waals surface area contributed by atoms with Gasteiger partial charge in [-0.25, -0.2) is 4.98 Å². The van der Waals surface area contributed by atoms with Crippen molar-refractivity contribution in [1.29, 1.82) is 0 Å². The summed E-state index contributed by atoms with van der Waals surface area (Å²) in [5, 5.41) is 13.7. The summed E-state index contributed by atoms with van der Waals surface area (Å²) in [6.45, 7) is 18.3. The van der Waals surface area contributed by atoms with Crippen LogP contribution in [0.5, 0.6) is 0 Å². The number of allylic oxidation sites excluding steroid dienone is 2. The second kappa shape index (κ2) is 26.0. The zero-order valence-electron chi connectivity index (χ0n) is 39.0. The number of nitrogens with zero attached hydrogens (tertiary/aromatic N) is 5. The molecule has 364 valence electrons. The Kier molecular flexibility index (Phi) is 19.4. The van der Waals surface area contributed by atoms with Crippen molar-refractivity contribution in [2.24, 2.45) is 0 Å². The molecule has 4 N–H and O–H groups in total. The van der Waals surface area contributed by atoms with Gasteiger partial charge in [0.15, 0.2) is 5.13 Å². The number of hydrogen-bond acceptors (Lipinski definition) is 15. The van der Waals surface area contributed by atoms with Crippen LogP contribution in [0.4, 0.5) is 10.8 Å². The summed E-state index contributed by atoms with van der Waals surface area (Å²) in [6.07, 6.45) is 6.31. The van der Waals surface area contributed by atoms with Crippen LogP contribution in [0.15, 0.2) is 109 Å². The quantitative estimate of drug-likeness (QED) is 0.0336. The minimum Gasteiger partial charge on any atom is -0.382 e. The topological polar surface area (TPSA) is 214 Å². The molecule has 69 heavy (non-hydrogen) atoms. The van der Waals surface area contributed by atoms with E-state index < -0.39 is 29.7 Å². The summed E-state index contributed by atoms with van der Waals surface area (Å²) in [5.41, 5.74) is 7.30. The fourth-order valence-corrected chi connectivity index (χ4v) is 8.27. The van der Waals surface area contributed by atoms with Gasteiger partial charge in [-0.2, -0.15) is 0 Å². The standard InChI is InChI=1S/C34H43N5O8.C16H16N4OS/c1-24-5-7-25(8-6-24)23-37-13-15-38(16-14-37)30(41)11-17-45-19-21-47-22-20-46-18-12-35-27-4-2-3-26-31(27)34(44)39(33(26)43)28-9-10-29(40)36-32(28)42;1-11(2)14(7-12(3)18-10-21)19-16-20-15(9-22-16)13-5-4-6-17-8-13/h2-8,28,35H,9-23H2,1H3,(H,36,40,42);4-10H,1,3H2,2H3,(H,18,21)(H,19,20)/b;14-7+. The Bertz CT molecular complexity index is 2490. The molecule has 3 aliphatic heterocycles. The minimum absolute atomic E-state index is 0.0678. The number of pyridine rings is 1. The summed E-state index contributed by atoms with van der Waals surface area (Å²) >= 11 is 1.48. The lowest BCUT2D eigenvalue weighted by molar-refractivity contribution is -0.136. The van der Waals surface area contributed by atoms with Gasteiger partial charge in [0.05, 0.1) is 62.9 Å². The number of aryl methyl sites for hydroxylation is 1. The van der Waals surface area contributed by atoms with Crippen LogP contribution in [0, 0.1) is 6.92 Å². The number of rotatable bonds is 23. The Morgan fingerprint density at radius 2 is 1.64 bits per heavy atom. The average Bonchev–Trinajstić information content (AvgIpc) is 3.92. The molecule has 0 bridgehead atoms. The lowest BCUT2D eigenvalue weighted by Gasteiger charge is -2.34. The van der Waals surface area contributed by atoms with Crippen molar-refractivity contribution in [3.8, 4) is 11.3 Å². The first-order chi connectivity index (χ1) is 33.4. The highest BCUT2D eigenvalue weighted by Gasteiger charge is 2.45. The number of carbonyl (C=O) groups excluding carboxylic acids is 6. The number of nitrogens with one attached hydrogen (secondary N) is 4. The number of ether oxygens (including phenoxy) is 3. The largest absolute Gasteiger partial charge is 0.382 e. The van der Waals surface area contributed by atoms with Crippen molar-refractivity contribution >= 4 is 58.1 Å². The molecule has 2 aromatic carbocycles. The predicted octanol–water partition coefficient (Wildman–Crippen LogP) is 4.93. The number of amides is 6. The number of piperidine rings is 1. The van der Waals surface area contributed by atoms with Gasteiger partial charge in [-0.05, 0) is 61.7 Å². The van der Waals surface area contributed by atoms with Gasteiger partial charge in [-0.3, -0.25) is 48.9 Å². The molecule has 18 nitrogen and oxygen atoms in total. The monoisotopic (exact) mass is 961 g/mol. The lowest BCUT2D eigenvalue weighted by Crippen LogP contribution is -2.54. The zero-order chi connectivity index (χ0) is 49.1. The molecular weight excluding hydrogens is 903 g/mol. The molecule has 0 aliphatic carbocycles. The first-order valence-corrected chi connectivity index (χ1v) is 23.6. The van der Waals surface area contributed by atoms with Crippen LogP contribution in [0.3, 0.4) is 0 Å². The molecular formula is C50H59N9O9S. The number of aromatic nitrogens is 2. The molecule has 5 heterocycles. The van der Waals surface area contributed by atoms with E-state index in [4.69, 9.17) is 14.2 Å². The number of fused-ring (bicyclic) bond motifs is 1. The van der Waals surface area contributed by atoms with E-state index in [0.717, 1.165) is 65.3 Å². The van der Waals surface area contributed by atoms with E-state index >= 15 is 0 Å². The van der Waals surface area contributed by atoms with Crippen molar-refractivity contribution in [2.45, 2.75) is 45.7 Å². The molecule has 2 fully saturated rings. The van der Waals surface area contributed by atoms with Gasteiger partial charge >= 0.3 is 0 Å². The van der Waals surface area contributed by atoms with Gasteiger partial charge in [-0.1, -0.05) is 49.1 Å². The minimum atomic E-state index is -1.01. The summed E-state index contributed by atoms with van der Waals surface area (Å²) < 4.78 is 16.7. The SMILES string of the molecule is C=C(/C=C(/Nc1nc(-c2cccnc2)cs1)C(=C)C)NC=O.Cc1ccc(CN2CCN(C(=O)CCOCCOCCOCCNc3cccc4c3C(=O)N(C3CCC(=O)NC3=O)C4=O)CC2)cc1. The smallest absolute Gasteiger partial charge is 0.264 e. The van der Waals surface area contributed by atoms with E-state index in [1.165, 1.54) is 22.5 Å². The lowest BCUT2D eigenvalue weighted by atomic mass is 10.0. The van der Waals surface area contributed by atoms with Gasteiger partial charge < -0.3 is 35.1 Å². The summed E-state index contributed by atoms with van der Waals surface area (Å²) in [7, 11) is 0. The highest BCUT2D eigenvalue weighted by atomic mass is 32.1. The van der Waals surface area contributed by atoms with Gasteiger partial charge in [0, 0.05) is 86.1 Å². The Hall–Kier alpha value is -6.90. The highest BCUT2D eigenvalue weighted by molar-refractivity contribution is 7.14. The third-order valence-electron chi connectivity index (χ3n) is 11.2. The maximum absolute atomic E-state index is 13.2. The number of anilines is 2. The maximum Gasteiger partial charge on any atom is 0.264 e. The van der Waals surface area contributed by atoms with Crippen molar-refractivity contribution in [3.63, 3.8) is 0 Å². The summed E-state index contributed by atoms with van der Waals surface area (Å²) in [5.74, 6) is -2.04. The molecule has 2 aromatic heterocycles. The average molecular weight is 962 g/mol. The molecule has 1 atom stereocenters. The fourth-order valence-electron chi connectivity index (χ4n) is 7.54. The van der Waals surface area contributed by atoms with Crippen LogP contribution in [0.25, 0.3) is 11.3 Å². The molecule has 0 spiro atoms. The normalized spacial score (nSPS) is 16.0. The summed E-state index contributed by atoms with van der Waals surface area (Å²) in [6, 6.07) is 16.3. The number of piperazine rings is 1. The third kappa shape index (κ3) is 15.0. The van der Waals surface area contributed by atoms with Crippen LogP contribution < -0.4 is 21.3 Å². The van der Waals surface area contributed by atoms with E-state index in [0.29, 0.717) is 70.4 Å². The summed E-state index contributed by atoms with van der Waals surface area (Å²) in [4.78, 5) is 86.7. The van der Waals surface area contributed by atoms with Crippen LogP contribution >= 0.6 is 11.3 Å². The second-order valence-corrected chi connectivity index (χ2v) is 17.2. The van der Waals surface area contributed by atoms with Crippen molar-refractivity contribution < 1.29 is 43.0 Å². The van der Waals surface area contributed by atoms with Crippen LogP contribution in [-0.2, 0) is 39.9 Å².